The first-order valence-corrected chi connectivity index (χ1v) is 6.71. The Labute approximate surface area is 126 Å². The van der Waals surface area contributed by atoms with Crippen LogP contribution >= 0.6 is 22.6 Å². The topological polar surface area (TPSA) is 140 Å². The molecular formula is C10H14IN4O5+. The van der Waals surface area contributed by atoms with E-state index in [1.807, 2.05) is 0 Å². The van der Waals surface area contributed by atoms with Gasteiger partial charge < -0.3 is 15.7 Å². The molecule has 1 rings (SSSR count). The summed E-state index contributed by atoms with van der Waals surface area (Å²) in [4.78, 5) is 48.5. The number of halogens is 1. The monoisotopic (exact) mass is 397 g/mol. The van der Waals surface area contributed by atoms with E-state index in [1.165, 1.54) is 6.20 Å². The Balaban J connectivity index is 2.93. The molecule has 0 bridgehead atoms. The molecule has 0 aliphatic heterocycles. The number of amides is 1. The van der Waals surface area contributed by atoms with Gasteiger partial charge in [0, 0.05) is 6.20 Å². The molecule has 0 spiro atoms. The fraction of sp³-hybridized carbons (Fsp3) is 0.400. The summed E-state index contributed by atoms with van der Waals surface area (Å²) in [6.45, 7) is -0.250. The number of nitrogens with zero attached hydrogens (tertiary/aromatic N) is 2. The van der Waals surface area contributed by atoms with Gasteiger partial charge in [0.2, 0.25) is 5.91 Å². The molecule has 0 unspecified atom stereocenters. The van der Waals surface area contributed by atoms with Gasteiger partial charge in [-0.25, -0.2) is 4.79 Å². The molecule has 0 fully saturated rings. The Kier molecular flexibility index (Phi) is 5.88. The van der Waals surface area contributed by atoms with Crippen molar-refractivity contribution in [1.29, 1.82) is 0 Å². The largest absolute Gasteiger partial charge is 0.480 e. The van der Waals surface area contributed by atoms with Crippen LogP contribution in [0.15, 0.2) is 15.8 Å². The van der Waals surface area contributed by atoms with E-state index < -0.39 is 29.7 Å². The van der Waals surface area contributed by atoms with Crippen molar-refractivity contribution in [2.24, 2.45) is 0 Å². The molecule has 5 N–H and O–H groups in total. The Bertz CT molecular complexity index is 623. The Morgan fingerprint density at radius 2 is 2.10 bits per heavy atom. The fourth-order valence-electron chi connectivity index (χ4n) is 1.49. The number of aromatic nitrogens is 2. The summed E-state index contributed by atoms with van der Waals surface area (Å²) in [5.74, 6) is -1.67. The molecule has 0 atom stereocenters. The molecule has 1 heterocycles. The number of nitrogens with one attached hydrogen (secondary N) is 1. The molecule has 20 heavy (non-hydrogen) atoms. The van der Waals surface area contributed by atoms with Crippen molar-refractivity contribution in [3.8, 4) is 0 Å². The van der Waals surface area contributed by atoms with Crippen LogP contribution in [-0.2, 0) is 16.1 Å². The second kappa shape index (κ2) is 7.19. The van der Waals surface area contributed by atoms with Crippen LogP contribution < -0.4 is 17.0 Å². The summed E-state index contributed by atoms with van der Waals surface area (Å²) in [7, 11) is 0. The first kappa shape index (κ1) is 16.4. The molecule has 0 aromatic carbocycles. The van der Waals surface area contributed by atoms with Gasteiger partial charge in [-0.15, -0.1) is 0 Å². The van der Waals surface area contributed by atoms with E-state index in [2.05, 4.69) is 10.7 Å². The van der Waals surface area contributed by atoms with Crippen LogP contribution in [0.5, 0.6) is 0 Å². The van der Waals surface area contributed by atoms with Gasteiger partial charge in [-0.3, -0.25) is 23.9 Å². The summed E-state index contributed by atoms with van der Waals surface area (Å²) in [5.41, 5.74) is 2.32. The molecule has 0 saturated heterocycles. The number of carboxylic acids is 1. The van der Waals surface area contributed by atoms with Crippen LogP contribution in [0, 0.1) is 3.57 Å². The maximum Gasteiger partial charge on any atom is 0.328 e. The molecule has 0 saturated carbocycles. The molecule has 1 aromatic heterocycles. The van der Waals surface area contributed by atoms with E-state index in [0.29, 0.717) is 6.54 Å². The van der Waals surface area contributed by atoms with E-state index in [4.69, 9.17) is 5.11 Å². The summed E-state index contributed by atoms with van der Waals surface area (Å²) in [6.07, 6.45) is 1.25. The average Bonchev–Trinajstić information content (AvgIpc) is 2.34. The number of carbonyl (C=O) groups excluding carboxylic acids is 1. The molecule has 0 aliphatic rings. The number of hydrogen-bond acceptors (Lipinski definition) is 4. The highest BCUT2D eigenvalue weighted by molar-refractivity contribution is 14.1. The van der Waals surface area contributed by atoms with Crippen molar-refractivity contribution in [3.05, 3.63) is 30.6 Å². The minimum absolute atomic E-state index is 0.181. The summed E-state index contributed by atoms with van der Waals surface area (Å²) >= 11 is 1.73. The zero-order chi connectivity index (χ0) is 15.3. The van der Waals surface area contributed by atoms with Gasteiger partial charge in [0.1, 0.15) is 13.1 Å². The number of carboxylic acid groups (broad SMARTS) is 1. The van der Waals surface area contributed by atoms with Gasteiger partial charge in [-0.1, -0.05) is 0 Å². The SMILES string of the molecule is [NH3+]CCN(CC(=O)O)C(=O)Cn1cc(I)c(=O)[nH]c1=O. The lowest BCUT2D eigenvalue weighted by Crippen LogP contribution is -2.56. The highest BCUT2D eigenvalue weighted by Crippen LogP contribution is 1.96. The minimum Gasteiger partial charge on any atom is -0.480 e. The number of aromatic amines is 1. The number of hydrogen-bond donors (Lipinski definition) is 3. The van der Waals surface area contributed by atoms with Gasteiger partial charge in [0.25, 0.3) is 5.56 Å². The molecule has 0 aliphatic carbocycles. The van der Waals surface area contributed by atoms with E-state index in [1.54, 1.807) is 22.6 Å². The van der Waals surface area contributed by atoms with Gasteiger partial charge in [-0.05, 0) is 22.6 Å². The quantitative estimate of drug-likeness (QED) is 0.448. The average molecular weight is 397 g/mol. The van der Waals surface area contributed by atoms with Crippen LogP contribution in [0.25, 0.3) is 0 Å². The standard InChI is InChI=1S/C10H13IN4O5/c11-6-3-15(10(20)13-9(6)19)4-7(16)14(2-1-12)5-8(17)18/h3H,1-2,4-5,12H2,(H,17,18)(H,13,19,20)/p+1. The van der Waals surface area contributed by atoms with E-state index in [9.17, 15) is 19.2 Å². The maximum atomic E-state index is 12.0. The summed E-state index contributed by atoms with van der Waals surface area (Å²) < 4.78 is 1.29. The number of aliphatic carboxylic acids is 1. The second-order valence-electron chi connectivity index (χ2n) is 3.93. The van der Waals surface area contributed by atoms with E-state index in [-0.39, 0.29) is 16.7 Å². The maximum absolute atomic E-state index is 12.0. The van der Waals surface area contributed by atoms with E-state index in [0.717, 1.165) is 9.47 Å². The summed E-state index contributed by atoms with van der Waals surface area (Å²) in [6, 6.07) is 0. The fourth-order valence-corrected chi connectivity index (χ4v) is 1.96. The first-order valence-electron chi connectivity index (χ1n) is 5.63. The van der Waals surface area contributed by atoms with Gasteiger partial charge in [-0.2, -0.15) is 0 Å². The Hall–Kier alpha value is -1.69. The molecule has 1 amide bonds. The Morgan fingerprint density at radius 1 is 1.45 bits per heavy atom. The summed E-state index contributed by atoms with van der Waals surface area (Å²) in [5, 5.41) is 8.73. The van der Waals surface area contributed by atoms with Gasteiger partial charge in [0.05, 0.1) is 16.7 Å². The van der Waals surface area contributed by atoms with Crippen molar-refractivity contribution in [1.82, 2.24) is 14.5 Å². The zero-order valence-electron chi connectivity index (χ0n) is 10.5. The third-order valence-electron chi connectivity index (χ3n) is 2.38. The Morgan fingerprint density at radius 3 is 2.65 bits per heavy atom. The van der Waals surface area contributed by atoms with Gasteiger partial charge >= 0.3 is 11.7 Å². The zero-order valence-corrected chi connectivity index (χ0v) is 12.6. The second-order valence-corrected chi connectivity index (χ2v) is 5.09. The van der Waals surface area contributed by atoms with Crippen LogP contribution in [0.3, 0.4) is 0 Å². The lowest BCUT2D eigenvalue weighted by Gasteiger charge is -2.19. The third kappa shape index (κ3) is 4.45. The first-order chi connectivity index (χ1) is 9.35. The van der Waals surface area contributed by atoms with Crippen molar-refractivity contribution in [2.75, 3.05) is 19.6 Å². The predicted octanol–water partition coefficient (Wildman–Crippen LogP) is -2.70. The molecule has 0 radical (unpaired) electrons. The van der Waals surface area contributed by atoms with Crippen molar-refractivity contribution >= 4 is 34.5 Å². The molecular weight excluding hydrogens is 383 g/mol. The number of carbonyl (C=O) groups is 2. The van der Waals surface area contributed by atoms with Crippen molar-refractivity contribution < 1.29 is 20.4 Å². The molecule has 10 heteroatoms. The smallest absolute Gasteiger partial charge is 0.328 e. The minimum atomic E-state index is -1.14. The van der Waals surface area contributed by atoms with Crippen molar-refractivity contribution in [2.45, 2.75) is 6.54 Å². The third-order valence-corrected chi connectivity index (χ3v) is 3.15. The predicted molar refractivity (Wildman–Crippen MR) is 76.0 cm³/mol. The van der Waals surface area contributed by atoms with Gasteiger partial charge in [0.15, 0.2) is 0 Å². The lowest BCUT2D eigenvalue weighted by molar-refractivity contribution is -0.368. The normalized spacial score (nSPS) is 10.3. The molecule has 110 valence electrons. The highest BCUT2D eigenvalue weighted by atomic mass is 127. The van der Waals surface area contributed by atoms with Crippen LogP contribution in [0.2, 0.25) is 0 Å². The lowest BCUT2D eigenvalue weighted by atomic mass is 10.4. The molecule has 1 aromatic rings. The van der Waals surface area contributed by atoms with Crippen LogP contribution in [-0.4, -0.2) is 51.1 Å². The number of H-pyrrole nitrogens is 1. The number of quaternary nitrogens is 1. The van der Waals surface area contributed by atoms with Crippen LogP contribution in [0.1, 0.15) is 0 Å². The highest BCUT2D eigenvalue weighted by Gasteiger charge is 2.17. The van der Waals surface area contributed by atoms with Crippen molar-refractivity contribution in [3.63, 3.8) is 0 Å². The van der Waals surface area contributed by atoms with E-state index >= 15 is 0 Å². The van der Waals surface area contributed by atoms with Crippen LogP contribution in [0.4, 0.5) is 0 Å². The number of rotatable bonds is 6. The molecule has 9 nitrogen and oxygen atoms in total.